The number of aromatic nitrogens is 3. The molecule has 2 heterocycles. The predicted octanol–water partition coefficient (Wildman–Crippen LogP) is 6.00. The maximum Gasteiger partial charge on any atom is 0.323 e. The highest BCUT2D eigenvalue weighted by Crippen LogP contribution is 2.24. The summed E-state index contributed by atoms with van der Waals surface area (Å²) in [5.41, 5.74) is 2.66. The number of rotatable bonds is 5. The van der Waals surface area contributed by atoms with Crippen molar-refractivity contribution < 1.29 is 9.53 Å². The second kappa shape index (κ2) is 8.93. The molecule has 4 aromatic rings. The third kappa shape index (κ3) is 5.31. The monoisotopic (exact) mass is 427 g/mol. The van der Waals surface area contributed by atoms with E-state index in [0.29, 0.717) is 23.1 Å². The minimum atomic E-state index is -0.311. The van der Waals surface area contributed by atoms with Gasteiger partial charge in [0.2, 0.25) is 5.88 Å². The summed E-state index contributed by atoms with van der Waals surface area (Å²) < 4.78 is 7.60. The van der Waals surface area contributed by atoms with Gasteiger partial charge in [0.15, 0.2) is 5.82 Å². The van der Waals surface area contributed by atoms with Gasteiger partial charge in [0.25, 0.3) is 0 Å². The van der Waals surface area contributed by atoms with Crippen molar-refractivity contribution in [3.63, 3.8) is 0 Å². The highest BCUT2D eigenvalue weighted by Gasteiger charge is 2.13. The van der Waals surface area contributed by atoms with Gasteiger partial charge in [0.1, 0.15) is 5.75 Å². The summed E-state index contributed by atoms with van der Waals surface area (Å²) in [5.74, 6) is 1.69. The largest absolute Gasteiger partial charge is 0.438 e. The molecule has 0 radical (unpaired) electrons. The first-order chi connectivity index (χ1) is 15.4. The Labute approximate surface area is 187 Å². The Bertz CT molecular complexity index is 1160. The number of nitrogens with one attached hydrogen (secondary N) is 2. The lowest BCUT2D eigenvalue weighted by molar-refractivity contribution is 0.262. The molecule has 0 aliphatic heterocycles. The van der Waals surface area contributed by atoms with Crippen LogP contribution in [0.2, 0.25) is 0 Å². The van der Waals surface area contributed by atoms with Crippen molar-refractivity contribution in [1.82, 2.24) is 14.8 Å². The Morgan fingerprint density at radius 2 is 1.41 bits per heavy atom. The standard InChI is InChI=1S/C25H25N5O2/c1-25(2,3)18-6-8-19(9-7-18)26-24(31)27-20-10-12-21(13-11-20)32-23-15-14-22(28-29-23)30-16-4-5-17-30/h4-17H,1-3H3,(H2,26,27,31). The van der Waals surface area contributed by atoms with Crippen molar-refractivity contribution in [1.29, 1.82) is 0 Å². The SMILES string of the molecule is CC(C)(C)c1ccc(NC(=O)Nc2ccc(Oc3ccc(-n4cccc4)nn3)cc2)cc1. The summed E-state index contributed by atoms with van der Waals surface area (Å²) in [7, 11) is 0. The van der Waals surface area contributed by atoms with Crippen molar-refractivity contribution in [2.45, 2.75) is 26.2 Å². The molecule has 0 aliphatic carbocycles. The first-order valence-electron chi connectivity index (χ1n) is 10.3. The minimum Gasteiger partial charge on any atom is -0.438 e. The summed E-state index contributed by atoms with van der Waals surface area (Å²) in [6.45, 7) is 6.46. The Balaban J connectivity index is 1.32. The van der Waals surface area contributed by atoms with Crippen LogP contribution >= 0.6 is 0 Å². The molecule has 0 aliphatic rings. The Morgan fingerprint density at radius 3 is 1.94 bits per heavy atom. The number of ether oxygens (including phenoxy) is 1. The molecule has 2 aromatic heterocycles. The topological polar surface area (TPSA) is 81.1 Å². The fourth-order valence-corrected chi connectivity index (χ4v) is 3.07. The highest BCUT2D eigenvalue weighted by atomic mass is 16.5. The highest BCUT2D eigenvalue weighted by molar-refractivity contribution is 5.99. The molecule has 162 valence electrons. The molecular weight excluding hydrogens is 402 g/mol. The molecule has 2 aromatic carbocycles. The normalized spacial score (nSPS) is 11.1. The van der Waals surface area contributed by atoms with E-state index < -0.39 is 0 Å². The van der Waals surface area contributed by atoms with E-state index in [-0.39, 0.29) is 11.4 Å². The van der Waals surface area contributed by atoms with Crippen LogP contribution in [-0.2, 0) is 5.41 Å². The van der Waals surface area contributed by atoms with Crippen molar-refractivity contribution >= 4 is 17.4 Å². The van der Waals surface area contributed by atoms with Crippen LogP contribution in [-0.4, -0.2) is 20.8 Å². The van der Waals surface area contributed by atoms with Gasteiger partial charge in [-0.3, -0.25) is 0 Å². The van der Waals surface area contributed by atoms with Crippen LogP contribution in [0.1, 0.15) is 26.3 Å². The average Bonchev–Trinajstić information content (AvgIpc) is 3.30. The van der Waals surface area contributed by atoms with E-state index in [1.807, 2.05) is 59.4 Å². The first-order valence-corrected chi connectivity index (χ1v) is 10.3. The lowest BCUT2D eigenvalue weighted by Gasteiger charge is -2.19. The van der Waals surface area contributed by atoms with E-state index in [9.17, 15) is 4.79 Å². The number of carbonyl (C=O) groups excluding carboxylic acids is 1. The summed E-state index contributed by atoms with van der Waals surface area (Å²) >= 11 is 0. The molecule has 0 spiro atoms. The van der Waals surface area contributed by atoms with Gasteiger partial charge >= 0.3 is 6.03 Å². The fraction of sp³-hybridized carbons (Fsp3) is 0.160. The van der Waals surface area contributed by atoms with Crippen LogP contribution in [0, 0.1) is 0 Å². The van der Waals surface area contributed by atoms with Crippen LogP contribution in [0.5, 0.6) is 11.6 Å². The van der Waals surface area contributed by atoms with Gasteiger partial charge < -0.3 is 19.9 Å². The lowest BCUT2D eigenvalue weighted by atomic mass is 9.87. The summed E-state index contributed by atoms with van der Waals surface area (Å²) in [6.07, 6.45) is 3.79. The van der Waals surface area contributed by atoms with Gasteiger partial charge in [0, 0.05) is 29.8 Å². The summed E-state index contributed by atoms with van der Waals surface area (Å²) in [6, 6.07) is 22.0. The Morgan fingerprint density at radius 1 is 0.812 bits per heavy atom. The molecule has 7 nitrogen and oxygen atoms in total. The van der Waals surface area contributed by atoms with Gasteiger partial charge in [-0.25, -0.2) is 4.79 Å². The van der Waals surface area contributed by atoms with Crippen molar-refractivity contribution in [2.75, 3.05) is 10.6 Å². The summed E-state index contributed by atoms with van der Waals surface area (Å²) in [5, 5.41) is 13.9. The Kier molecular flexibility index (Phi) is 5.89. The third-order valence-corrected chi connectivity index (χ3v) is 4.84. The predicted molar refractivity (Wildman–Crippen MR) is 126 cm³/mol. The van der Waals surface area contributed by atoms with Gasteiger partial charge in [0.05, 0.1) is 0 Å². The van der Waals surface area contributed by atoms with Crippen LogP contribution in [0.15, 0.2) is 85.2 Å². The molecule has 32 heavy (non-hydrogen) atoms. The molecule has 0 atom stereocenters. The zero-order valence-electron chi connectivity index (χ0n) is 18.2. The van der Waals surface area contributed by atoms with Crippen LogP contribution in [0.4, 0.5) is 16.2 Å². The van der Waals surface area contributed by atoms with E-state index >= 15 is 0 Å². The van der Waals surface area contributed by atoms with Gasteiger partial charge in [-0.15, -0.1) is 10.2 Å². The molecular formula is C25H25N5O2. The molecule has 0 bridgehead atoms. The van der Waals surface area contributed by atoms with Crippen molar-refractivity contribution in [3.05, 3.63) is 90.8 Å². The average molecular weight is 428 g/mol. The van der Waals surface area contributed by atoms with E-state index in [1.165, 1.54) is 5.56 Å². The molecule has 0 saturated carbocycles. The van der Waals surface area contributed by atoms with Gasteiger partial charge in [-0.2, -0.15) is 0 Å². The van der Waals surface area contributed by atoms with Crippen molar-refractivity contribution in [3.8, 4) is 17.4 Å². The zero-order chi connectivity index (χ0) is 22.6. The van der Waals surface area contributed by atoms with E-state index in [1.54, 1.807) is 30.3 Å². The van der Waals surface area contributed by atoms with Crippen LogP contribution < -0.4 is 15.4 Å². The molecule has 7 heteroatoms. The van der Waals surface area contributed by atoms with E-state index in [0.717, 1.165) is 5.69 Å². The van der Waals surface area contributed by atoms with Gasteiger partial charge in [-0.1, -0.05) is 32.9 Å². The lowest BCUT2D eigenvalue weighted by Crippen LogP contribution is -2.19. The van der Waals surface area contributed by atoms with Crippen LogP contribution in [0.3, 0.4) is 0 Å². The molecule has 0 fully saturated rings. The molecule has 2 N–H and O–H groups in total. The molecule has 2 amide bonds. The van der Waals surface area contributed by atoms with Crippen molar-refractivity contribution in [2.24, 2.45) is 0 Å². The smallest absolute Gasteiger partial charge is 0.323 e. The maximum atomic E-state index is 12.3. The van der Waals surface area contributed by atoms with Crippen LogP contribution in [0.25, 0.3) is 5.82 Å². The number of anilines is 2. The third-order valence-electron chi connectivity index (χ3n) is 4.84. The molecule has 0 unspecified atom stereocenters. The Hall–Kier alpha value is -4.13. The number of amides is 2. The first kappa shape index (κ1) is 21.1. The fourth-order valence-electron chi connectivity index (χ4n) is 3.07. The van der Waals surface area contributed by atoms with E-state index in [2.05, 4.69) is 41.6 Å². The second-order valence-corrected chi connectivity index (χ2v) is 8.35. The number of nitrogens with zero attached hydrogens (tertiary/aromatic N) is 3. The number of urea groups is 1. The molecule has 0 saturated heterocycles. The van der Waals surface area contributed by atoms with E-state index in [4.69, 9.17) is 4.74 Å². The second-order valence-electron chi connectivity index (χ2n) is 8.35. The quantitative estimate of drug-likeness (QED) is 0.409. The number of benzene rings is 2. The zero-order valence-corrected chi connectivity index (χ0v) is 18.2. The summed E-state index contributed by atoms with van der Waals surface area (Å²) in [4.78, 5) is 12.3. The number of carbonyl (C=O) groups is 1. The van der Waals surface area contributed by atoms with Gasteiger partial charge in [-0.05, 0) is 65.6 Å². The maximum absolute atomic E-state index is 12.3. The molecule has 4 rings (SSSR count). The number of hydrogen-bond donors (Lipinski definition) is 2. The number of hydrogen-bond acceptors (Lipinski definition) is 4. The minimum absolute atomic E-state index is 0.0702.